The summed E-state index contributed by atoms with van der Waals surface area (Å²) < 4.78 is 6.31. The van der Waals surface area contributed by atoms with Gasteiger partial charge >= 0.3 is 0 Å². The summed E-state index contributed by atoms with van der Waals surface area (Å²) in [7, 11) is 0. The zero-order valence-electron chi connectivity index (χ0n) is 7.07. The molecular formula is C9H6INO3. The minimum absolute atomic E-state index is 0.0939. The van der Waals surface area contributed by atoms with Gasteiger partial charge in [0, 0.05) is 9.65 Å². The van der Waals surface area contributed by atoms with Gasteiger partial charge in [-0.15, -0.1) is 0 Å². The topological polar surface area (TPSA) is 52.4 Å². The fourth-order valence-corrected chi connectivity index (χ4v) is 1.77. The van der Waals surface area contributed by atoms with Gasteiger partial charge in [0.15, 0.2) is 0 Å². The summed E-state index contributed by atoms with van der Waals surface area (Å²) in [6, 6.07) is 4.85. The van der Waals surface area contributed by atoms with E-state index in [9.17, 15) is 10.1 Å². The summed E-state index contributed by atoms with van der Waals surface area (Å²) in [5.74, 6) is 0.583. The number of nitrogens with zero attached hydrogens (tertiary/aromatic N) is 1. The van der Waals surface area contributed by atoms with Crippen LogP contribution in [0.2, 0.25) is 0 Å². The average molecular weight is 303 g/mol. The van der Waals surface area contributed by atoms with E-state index in [1.54, 1.807) is 18.2 Å². The summed E-state index contributed by atoms with van der Waals surface area (Å²) in [5.41, 5.74) is 0.657. The minimum atomic E-state index is -0.395. The molecule has 72 valence electrons. The van der Waals surface area contributed by atoms with E-state index in [1.807, 2.05) is 0 Å². The molecule has 0 spiro atoms. The molecule has 5 heteroatoms. The molecule has 1 aromatic carbocycles. The maximum Gasteiger partial charge on any atom is 0.280 e. The molecule has 0 amide bonds. The number of hydrogen-bond acceptors (Lipinski definition) is 3. The lowest BCUT2D eigenvalue weighted by Gasteiger charge is -2.14. The lowest BCUT2D eigenvalue weighted by Crippen LogP contribution is -2.05. The van der Waals surface area contributed by atoms with Gasteiger partial charge in [-0.3, -0.25) is 10.1 Å². The zero-order valence-corrected chi connectivity index (χ0v) is 9.22. The van der Waals surface area contributed by atoms with Crippen molar-refractivity contribution in [3.05, 3.63) is 37.5 Å². The molecule has 0 unspecified atom stereocenters. The third-order valence-electron chi connectivity index (χ3n) is 1.91. The highest BCUT2D eigenvalue weighted by molar-refractivity contribution is 14.1. The van der Waals surface area contributed by atoms with E-state index in [4.69, 9.17) is 4.74 Å². The Kier molecular flexibility index (Phi) is 2.40. The number of hydrogen-bond donors (Lipinski definition) is 0. The Bertz CT molecular complexity index is 428. The van der Waals surface area contributed by atoms with E-state index in [-0.39, 0.29) is 5.69 Å². The minimum Gasteiger partial charge on any atom is -0.488 e. The quantitative estimate of drug-likeness (QED) is 0.455. The van der Waals surface area contributed by atoms with E-state index in [2.05, 4.69) is 22.6 Å². The van der Waals surface area contributed by atoms with Crippen LogP contribution in [-0.2, 0) is 0 Å². The summed E-state index contributed by atoms with van der Waals surface area (Å²) in [6.45, 7) is 0.495. The second-order valence-electron chi connectivity index (χ2n) is 2.83. The number of halogens is 1. The maximum absolute atomic E-state index is 10.7. The van der Waals surface area contributed by atoms with Crippen LogP contribution in [0.3, 0.4) is 0 Å². The Morgan fingerprint density at radius 1 is 1.50 bits per heavy atom. The van der Waals surface area contributed by atoms with E-state index in [0.29, 0.717) is 17.9 Å². The number of nitro benzene ring substituents is 1. The first-order valence-corrected chi connectivity index (χ1v) is 5.02. The van der Waals surface area contributed by atoms with Crippen LogP contribution in [-0.4, -0.2) is 11.5 Å². The largest absolute Gasteiger partial charge is 0.488 e. The molecule has 0 radical (unpaired) electrons. The van der Waals surface area contributed by atoms with Gasteiger partial charge in [-0.05, 0) is 34.7 Å². The van der Waals surface area contributed by atoms with Crippen molar-refractivity contribution in [2.24, 2.45) is 0 Å². The molecule has 0 saturated heterocycles. The normalized spacial score (nSPS) is 13.9. The third kappa shape index (κ3) is 1.59. The molecule has 0 saturated carbocycles. The van der Waals surface area contributed by atoms with Gasteiger partial charge in [-0.1, -0.05) is 6.07 Å². The second kappa shape index (κ2) is 3.56. The highest BCUT2D eigenvalue weighted by atomic mass is 127. The van der Waals surface area contributed by atoms with Crippen LogP contribution in [0.1, 0.15) is 5.56 Å². The molecule has 1 aliphatic rings. The Morgan fingerprint density at radius 3 is 3.00 bits per heavy atom. The van der Waals surface area contributed by atoms with Crippen LogP contribution in [0.25, 0.3) is 6.08 Å². The Labute approximate surface area is 93.9 Å². The van der Waals surface area contributed by atoms with Crippen LogP contribution in [0.15, 0.2) is 21.8 Å². The summed E-state index contributed by atoms with van der Waals surface area (Å²) >= 11 is 2.11. The fraction of sp³-hybridized carbons (Fsp3) is 0.111. The van der Waals surface area contributed by atoms with Gasteiger partial charge in [-0.25, -0.2) is 0 Å². The summed E-state index contributed by atoms with van der Waals surface area (Å²) in [6.07, 6.45) is 1.79. The van der Waals surface area contributed by atoms with Crippen molar-refractivity contribution in [3.8, 4) is 5.75 Å². The maximum atomic E-state index is 10.7. The van der Waals surface area contributed by atoms with E-state index in [0.717, 1.165) is 3.58 Å². The monoisotopic (exact) mass is 303 g/mol. The van der Waals surface area contributed by atoms with Gasteiger partial charge < -0.3 is 4.74 Å². The first kappa shape index (κ1) is 9.45. The molecule has 1 aromatic rings. The van der Waals surface area contributed by atoms with Crippen molar-refractivity contribution >= 4 is 34.4 Å². The van der Waals surface area contributed by atoms with Crippen molar-refractivity contribution < 1.29 is 9.66 Å². The molecule has 0 N–H and O–H groups in total. The smallest absolute Gasteiger partial charge is 0.280 e. The van der Waals surface area contributed by atoms with Gasteiger partial charge in [0.05, 0.1) is 10.5 Å². The van der Waals surface area contributed by atoms with Gasteiger partial charge in [0.2, 0.25) is 0 Å². The van der Waals surface area contributed by atoms with Crippen LogP contribution in [0.4, 0.5) is 5.69 Å². The van der Waals surface area contributed by atoms with E-state index >= 15 is 0 Å². The van der Waals surface area contributed by atoms with Crippen LogP contribution in [0, 0.1) is 10.1 Å². The Balaban J connectivity index is 2.61. The number of fused-ring (bicyclic) bond motifs is 1. The van der Waals surface area contributed by atoms with Gasteiger partial charge in [0.1, 0.15) is 12.4 Å². The van der Waals surface area contributed by atoms with Crippen LogP contribution >= 0.6 is 22.6 Å². The molecule has 4 nitrogen and oxygen atoms in total. The molecule has 0 atom stereocenters. The fourth-order valence-electron chi connectivity index (χ4n) is 1.31. The summed E-state index contributed by atoms with van der Waals surface area (Å²) in [5, 5.41) is 10.7. The van der Waals surface area contributed by atoms with Crippen molar-refractivity contribution in [3.63, 3.8) is 0 Å². The SMILES string of the molecule is O=[N+]([O-])c1cccc2c1C=C(I)CO2. The molecule has 0 fully saturated rings. The van der Waals surface area contributed by atoms with Crippen molar-refractivity contribution in [1.82, 2.24) is 0 Å². The first-order valence-electron chi connectivity index (χ1n) is 3.95. The predicted molar refractivity (Wildman–Crippen MR) is 60.6 cm³/mol. The van der Waals surface area contributed by atoms with Gasteiger partial charge in [-0.2, -0.15) is 0 Å². The standard InChI is InChI=1S/C9H6INO3/c10-6-4-7-8(11(12)13)2-1-3-9(7)14-5-6/h1-4H,5H2. The highest BCUT2D eigenvalue weighted by Crippen LogP contribution is 2.34. The molecule has 1 aliphatic heterocycles. The molecular weight excluding hydrogens is 297 g/mol. The molecule has 0 bridgehead atoms. The first-order chi connectivity index (χ1) is 6.68. The van der Waals surface area contributed by atoms with E-state index < -0.39 is 4.92 Å². The average Bonchev–Trinajstić information content (AvgIpc) is 2.16. The van der Waals surface area contributed by atoms with Crippen LogP contribution in [0.5, 0.6) is 5.75 Å². The molecule has 0 aliphatic carbocycles. The Morgan fingerprint density at radius 2 is 2.29 bits per heavy atom. The second-order valence-corrected chi connectivity index (χ2v) is 4.21. The molecule has 0 aromatic heterocycles. The molecule has 1 heterocycles. The predicted octanol–water partition coefficient (Wildman–Crippen LogP) is 2.76. The third-order valence-corrected chi connectivity index (χ3v) is 2.53. The summed E-state index contributed by atoms with van der Waals surface area (Å²) in [4.78, 5) is 10.3. The number of ether oxygens (including phenoxy) is 1. The number of rotatable bonds is 1. The molecule has 14 heavy (non-hydrogen) atoms. The van der Waals surface area contributed by atoms with Crippen molar-refractivity contribution in [2.45, 2.75) is 0 Å². The van der Waals surface area contributed by atoms with Crippen molar-refractivity contribution in [2.75, 3.05) is 6.61 Å². The highest BCUT2D eigenvalue weighted by Gasteiger charge is 2.19. The zero-order chi connectivity index (χ0) is 10.1. The van der Waals surface area contributed by atoms with Crippen molar-refractivity contribution in [1.29, 1.82) is 0 Å². The lowest BCUT2D eigenvalue weighted by molar-refractivity contribution is -0.385. The molecule has 2 rings (SSSR count). The number of nitro groups is 1. The number of benzene rings is 1. The van der Waals surface area contributed by atoms with Gasteiger partial charge in [0.25, 0.3) is 5.69 Å². The van der Waals surface area contributed by atoms with Crippen LogP contribution < -0.4 is 4.74 Å². The van der Waals surface area contributed by atoms with E-state index in [1.165, 1.54) is 6.07 Å². The Hall–Kier alpha value is -1.11. The lowest BCUT2D eigenvalue weighted by atomic mass is 10.1.